The minimum atomic E-state index is -3.91. The maximum absolute atomic E-state index is 13.2. The Morgan fingerprint density at radius 3 is 2.67 bits per heavy atom. The van der Waals surface area contributed by atoms with Crippen LogP contribution in [0.15, 0.2) is 33.7 Å². The van der Waals surface area contributed by atoms with Crippen LogP contribution >= 0.6 is 0 Å². The summed E-state index contributed by atoms with van der Waals surface area (Å²) in [7, 11) is -3.91. The van der Waals surface area contributed by atoms with E-state index < -0.39 is 16.1 Å². The summed E-state index contributed by atoms with van der Waals surface area (Å²) in [6.45, 7) is 5.49. The predicted octanol–water partition coefficient (Wildman–Crippen LogP) is 1.46. The summed E-state index contributed by atoms with van der Waals surface area (Å²) in [4.78, 5) is 12.5. The fourth-order valence-corrected chi connectivity index (χ4v) is 4.90. The van der Waals surface area contributed by atoms with E-state index in [9.17, 15) is 13.2 Å². The molecule has 2 heterocycles. The molecule has 0 saturated carbocycles. The number of sulfonamides is 1. The molecule has 3 rings (SSSR count). The molecule has 0 spiro atoms. The molecule has 1 fully saturated rings. The fraction of sp³-hybridized carbons (Fsp3) is 0.375. The number of rotatable bonds is 3. The van der Waals surface area contributed by atoms with Crippen molar-refractivity contribution in [1.82, 2.24) is 14.8 Å². The molecule has 1 aromatic carbocycles. The molecular weight excluding hydrogens is 330 g/mol. The second-order valence-corrected chi connectivity index (χ2v) is 7.70. The summed E-state index contributed by atoms with van der Waals surface area (Å²) in [5.74, 6) is -0.108. The number of nitrogens with one attached hydrogen (secondary N) is 1. The minimum Gasteiger partial charge on any atom is -0.360 e. The van der Waals surface area contributed by atoms with Gasteiger partial charge in [0.25, 0.3) is 0 Å². The zero-order chi connectivity index (χ0) is 17.5. The van der Waals surface area contributed by atoms with Crippen LogP contribution in [0.25, 0.3) is 0 Å². The number of aryl methyl sites for hydroxylation is 3. The number of carbonyl (C=O) groups is 1. The number of nitrogens with zero attached hydrogens (tertiary/aromatic N) is 2. The Morgan fingerprint density at radius 2 is 2.04 bits per heavy atom. The van der Waals surface area contributed by atoms with Gasteiger partial charge in [0.2, 0.25) is 15.9 Å². The summed E-state index contributed by atoms with van der Waals surface area (Å²) in [6.07, 6.45) is 0. The highest BCUT2D eigenvalue weighted by atomic mass is 32.2. The zero-order valence-corrected chi connectivity index (χ0v) is 14.6. The molecule has 0 bridgehead atoms. The van der Waals surface area contributed by atoms with Gasteiger partial charge in [-0.05, 0) is 26.3 Å². The van der Waals surface area contributed by atoms with E-state index in [2.05, 4.69) is 10.5 Å². The Hall–Kier alpha value is -2.19. The van der Waals surface area contributed by atoms with Gasteiger partial charge in [0.1, 0.15) is 16.6 Å². The fourth-order valence-electron chi connectivity index (χ4n) is 3.02. The third kappa shape index (κ3) is 2.71. The van der Waals surface area contributed by atoms with E-state index in [-0.39, 0.29) is 29.7 Å². The summed E-state index contributed by atoms with van der Waals surface area (Å²) >= 11 is 0. The number of carbonyl (C=O) groups excluding carboxylic acids is 1. The van der Waals surface area contributed by atoms with Crippen molar-refractivity contribution in [3.8, 4) is 0 Å². The highest BCUT2D eigenvalue weighted by Crippen LogP contribution is 2.32. The lowest BCUT2D eigenvalue weighted by atomic mass is 10.0. The molecule has 24 heavy (non-hydrogen) atoms. The van der Waals surface area contributed by atoms with Gasteiger partial charge in [0, 0.05) is 13.1 Å². The van der Waals surface area contributed by atoms with Crippen LogP contribution in [0.5, 0.6) is 0 Å². The maximum atomic E-state index is 13.2. The van der Waals surface area contributed by atoms with E-state index in [4.69, 9.17) is 4.52 Å². The molecule has 128 valence electrons. The van der Waals surface area contributed by atoms with Crippen LogP contribution in [0.2, 0.25) is 0 Å². The monoisotopic (exact) mass is 349 g/mol. The Bertz CT molecular complexity index is 869. The topological polar surface area (TPSA) is 92.5 Å². The molecule has 2 aromatic rings. The third-order valence-corrected chi connectivity index (χ3v) is 6.17. The van der Waals surface area contributed by atoms with Gasteiger partial charge in [-0.25, -0.2) is 8.42 Å². The molecule has 1 unspecified atom stereocenters. The first-order valence-electron chi connectivity index (χ1n) is 7.61. The average molecular weight is 349 g/mol. The van der Waals surface area contributed by atoms with Gasteiger partial charge in [-0.3, -0.25) is 4.79 Å². The molecule has 1 atom stereocenters. The third-order valence-electron chi connectivity index (χ3n) is 4.06. The van der Waals surface area contributed by atoms with Crippen molar-refractivity contribution >= 4 is 15.9 Å². The van der Waals surface area contributed by atoms with Crippen LogP contribution in [0.4, 0.5) is 0 Å². The van der Waals surface area contributed by atoms with E-state index in [1.165, 1.54) is 4.31 Å². The molecule has 7 nitrogen and oxygen atoms in total. The van der Waals surface area contributed by atoms with Gasteiger partial charge in [-0.1, -0.05) is 35.0 Å². The first-order chi connectivity index (χ1) is 11.3. The van der Waals surface area contributed by atoms with Crippen LogP contribution in [-0.4, -0.2) is 36.9 Å². The Balaban J connectivity index is 2.12. The van der Waals surface area contributed by atoms with E-state index in [1.807, 2.05) is 25.1 Å². The standard InChI is InChI=1S/C16H19N3O4S/c1-10-5-4-6-13(9-10)14-16(20)17-7-8-19(14)24(21,22)15-11(2)18-23-12(15)3/h4-6,9,14H,7-8H2,1-3H3,(H,17,20). The summed E-state index contributed by atoms with van der Waals surface area (Å²) in [6, 6.07) is 6.39. The molecule has 8 heteroatoms. The van der Waals surface area contributed by atoms with Crippen LogP contribution in [0.1, 0.15) is 28.6 Å². The molecule has 1 amide bonds. The molecular formula is C16H19N3O4S. The molecule has 1 saturated heterocycles. The lowest BCUT2D eigenvalue weighted by molar-refractivity contribution is -0.126. The molecule has 0 aliphatic carbocycles. The first kappa shape index (κ1) is 16.7. The second kappa shape index (κ2) is 6.03. The first-order valence-corrected chi connectivity index (χ1v) is 9.05. The Kier molecular flexibility index (Phi) is 4.18. The lowest BCUT2D eigenvalue weighted by Gasteiger charge is -2.34. The lowest BCUT2D eigenvalue weighted by Crippen LogP contribution is -2.52. The predicted molar refractivity (Wildman–Crippen MR) is 86.8 cm³/mol. The van der Waals surface area contributed by atoms with Crippen molar-refractivity contribution in [2.24, 2.45) is 0 Å². The van der Waals surface area contributed by atoms with Crippen molar-refractivity contribution in [2.75, 3.05) is 13.1 Å². The van der Waals surface area contributed by atoms with E-state index >= 15 is 0 Å². The quantitative estimate of drug-likeness (QED) is 0.906. The van der Waals surface area contributed by atoms with Gasteiger partial charge < -0.3 is 9.84 Å². The molecule has 1 aliphatic heterocycles. The molecule has 1 N–H and O–H groups in total. The van der Waals surface area contributed by atoms with Crippen molar-refractivity contribution < 1.29 is 17.7 Å². The Morgan fingerprint density at radius 1 is 1.29 bits per heavy atom. The minimum absolute atomic E-state index is 0.0369. The van der Waals surface area contributed by atoms with Gasteiger partial charge in [-0.15, -0.1) is 0 Å². The van der Waals surface area contributed by atoms with Gasteiger partial charge in [0.05, 0.1) is 0 Å². The maximum Gasteiger partial charge on any atom is 0.249 e. The van der Waals surface area contributed by atoms with E-state index in [1.54, 1.807) is 19.9 Å². The number of amides is 1. The largest absolute Gasteiger partial charge is 0.360 e. The summed E-state index contributed by atoms with van der Waals surface area (Å²) in [5.41, 5.74) is 1.89. The highest BCUT2D eigenvalue weighted by molar-refractivity contribution is 7.89. The van der Waals surface area contributed by atoms with Crippen molar-refractivity contribution in [1.29, 1.82) is 0 Å². The average Bonchev–Trinajstić information content (AvgIpc) is 2.86. The number of hydrogen-bond donors (Lipinski definition) is 1. The molecule has 1 aromatic heterocycles. The van der Waals surface area contributed by atoms with Crippen LogP contribution < -0.4 is 5.32 Å². The Labute approximate surface area is 140 Å². The van der Waals surface area contributed by atoms with E-state index in [0.29, 0.717) is 11.3 Å². The normalized spacial score (nSPS) is 19.3. The van der Waals surface area contributed by atoms with Gasteiger partial charge in [-0.2, -0.15) is 4.31 Å². The number of piperazine rings is 1. The molecule has 1 aliphatic rings. The van der Waals surface area contributed by atoms with Crippen LogP contribution in [0, 0.1) is 20.8 Å². The van der Waals surface area contributed by atoms with Crippen molar-refractivity contribution in [2.45, 2.75) is 31.7 Å². The van der Waals surface area contributed by atoms with Gasteiger partial charge >= 0.3 is 0 Å². The van der Waals surface area contributed by atoms with E-state index in [0.717, 1.165) is 5.56 Å². The summed E-state index contributed by atoms with van der Waals surface area (Å²) < 4.78 is 32.5. The number of benzene rings is 1. The van der Waals surface area contributed by atoms with Crippen molar-refractivity contribution in [3.05, 3.63) is 46.8 Å². The SMILES string of the molecule is Cc1cccc(C2C(=O)NCCN2S(=O)(=O)c2c(C)noc2C)c1. The number of hydrogen-bond acceptors (Lipinski definition) is 5. The zero-order valence-electron chi connectivity index (χ0n) is 13.7. The summed E-state index contributed by atoms with van der Waals surface area (Å²) in [5, 5.41) is 6.47. The van der Waals surface area contributed by atoms with Crippen LogP contribution in [0.3, 0.4) is 0 Å². The second-order valence-electron chi connectivity index (χ2n) is 5.88. The highest BCUT2D eigenvalue weighted by Gasteiger charge is 2.41. The van der Waals surface area contributed by atoms with Crippen LogP contribution in [-0.2, 0) is 14.8 Å². The molecule has 0 radical (unpaired) electrons. The number of aromatic nitrogens is 1. The smallest absolute Gasteiger partial charge is 0.249 e. The van der Waals surface area contributed by atoms with Crippen molar-refractivity contribution in [3.63, 3.8) is 0 Å². The van der Waals surface area contributed by atoms with Gasteiger partial charge in [0.15, 0.2) is 5.76 Å².